The molecule has 8 heteroatoms. The Morgan fingerprint density at radius 1 is 1.17 bits per heavy atom. The number of hydrogen-bond acceptors (Lipinski definition) is 6. The van der Waals surface area contributed by atoms with Gasteiger partial charge in [-0.2, -0.15) is 10.1 Å². The van der Waals surface area contributed by atoms with Crippen LogP contribution in [-0.4, -0.2) is 27.4 Å². The van der Waals surface area contributed by atoms with E-state index in [0.29, 0.717) is 11.0 Å². The zero-order valence-electron chi connectivity index (χ0n) is 13.5. The molecule has 0 saturated heterocycles. The van der Waals surface area contributed by atoms with Gasteiger partial charge in [0.2, 0.25) is 11.9 Å². The number of aromatic nitrogens is 2. The number of nitrogens with zero attached hydrogens (tertiary/aromatic N) is 5. The fraction of sp³-hybridized carbons (Fsp3) is 0.438. The van der Waals surface area contributed by atoms with Crippen molar-refractivity contribution in [3.8, 4) is 0 Å². The lowest BCUT2D eigenvalue weighted by molar-refractivity contribution is 0.305. The largest absolute Gasteiger partial charge is 0.369 e. The molecule has 4 N–H and O–H groups in total. The monoisotopic (exact) mass is 345 g/mol. The van der Waals surface area contributed by atoms with Crippen molar-refractivity contribution in [2.75, 3.05) is 4.90 Å². The van der Waals surface area contributed by atoms with Crippen LogP contribution >= 0.6 is 11.6 Å². The Kier molecular flexibility index (Phi) is 3.42. The highest BCUT2D eigenvalue weighted by Crippen LogP contribution is 2.42. The minimum Gasteiger partial charge on any atom is -0.369 e. The first-order chi connectivity index (χ1) is 11.5. The van der Waals surface area contributed by atoms with Gasteiger partial charge in [-0.05, 0) is 37.8 Å². The maximum atomic E-state index is 6.57. The van der Waals surface area contributed by atoms with E-state index in [1.165, 1.54) is 6.42 Å². The van der Waals surface area contributed by atoms with Crippen LogP contribution in [0.1, 0.15) is 32.1 Å². The van der Waals surface area contributed by atoms with Gasteiger partial charge in [0.1, 0.15) is 5.66 Å². The van der Waals surface area contributed by atoms with Crippen molar-refractivity contribution in [2.45, 2.75) is 37.8 Å². The maximum Gasteiger partial charge on any atom is 0.220 e. The molecule has 1 aromatic carbocycles. The van der Waals surface area contributed by atoms with Crippen molar-refractivity contribution in [3.63, 3.8) is 0 Å². The van der Waals surface area contributed by atoms with Crippen LogP contribution in [0.2, 0.25) is 5.02 Å². The lowest BCUT2D eigenvalue weighted by atomic mass is 9.87. The number of aliphatic imine (C=N–C) groups is 2. The second-order valence-electron chi connectivity index (χ2n) is 6.48. The van der Waals surface area contributed by atoms with E-state index in [2.05, 4.69) is 15.1 Å². The van der Waals surface area contributed by atoms with Gasteiger partial charge in [-0.15, -0.1) is 0 Å². The number of halogens is 1. The van der Waals surface area contributed by atoms with Crippen molar-refractivity contribution < 1.29 is 0 Å². The van der Waals surface area contributed by atoms with Crippen LogP contribution in [-0.2, 0) is 7.05 Å². The van der Waals surface area contributed by atoms with Gasteiger partial charge in [0.15, 0.2) is 0 Å². The predicted octanol–water partition coefficient (Wildman–Crippen LogP) is 2.34. The molecule has 126 valence electrons. The minimum atomic E-state index is -0.492. The van der Waals surface area contributed by atoms with Crippen LogP contribution in [0.5, 0.6) is 0 Å². The highest BCUT2D eigenvalue weighted by molar-refractivity contribution is 6.35. The number of guanidine groups is 2. The first kappa shape index (κ1) is 15.3. The molecule has 1 fully saturated rings. The van der Waals surface area contributed by atoms with Crippen molar-refractivity contribution >= 4 is 40.1 Å². The molecule has 1 aliphatic heterocycles. The summed E-state index contributed by atoms with van der Waals surface area (Å²) in [7, 11) is 1.89. The predicted molar refractivity (Wildman–Crippen MR) is 97.3 cm³/mol. The Morgan fingerprint density at radius 2 is 1.92 bits per heavy atom. The van der Waals surface area contributed by atoms with E-state index < -0.39 is 5.66 Å². The van der Waals surface area contributed by atoms with Gasteiger partial charge in [0.05, 0.1) is 16.2 Å². The third kappa shape index (κ3) is 2.31. The first-order valence-electron chi connectivity index (χ1n) is 8.11. The number of rotatable bonds is 1. The maximum absolute atomic E-state index is 6.57. The molecule has 0 unspecified atom stereocenters. The van der Waals surface area contributed by atoms with E-state index in [-0.39, 0.29) is 5.96 Å². The summed E-state index contributed by atoms with van der Waals surface area (Å²) >= 11 is 6.57. The summed E-state index contributed by atoms with van der Waals surface area (Å²) in [6, 6.07) is 3.86. The molecule has 4 rings (SSSR count). The zero-order valence-corrected chi connectivity index (χ0v) is 14.3. The molecule has 1 spiro atoms. The normalized spacial score (nSPS) is 20.3. The summed E-state index contributed by atoms with van der Waals surface area (Å²) in [6.07, 6.45) is 7.06. The number of hydrogen-bond donors (Lipinski definition) is 2. The second-order valence-corrected chi connectivity index (χ2v) is 6.89. The second kappa shape index (κ2) is 5.37. The third-order valence-corrected chi connectivity index (χ3v) is 5.08. The molecular weight excluding hydrogens is 326 g/mol. The molecule has 1 saturated carbocycles. The van der Waals surface area contributed by atoms with Crippen LogP contribution < -0.4 is 16.4 Å². The summed E-state index contributed by atoms with van der Waals surface area (Å²) in [6.45, 7) is 0. The molecule has 1 aliphatic carbocycles. The molecule has 2 aliphatic rings. The van der Waals surface area contributed by atoms with Gasteiger partial charge in [-0.25, -0.2) is 4.99 Å². The van der Waals surface area contributed by atoms with Gasteiger partial charge in [0.25, 0.3) is 0 Å². The summed E-state index contributed by atoms with van der Waals surface area (Å²) in [5.74, 6) is 0.582. The van der Waals surface area contributed by atoms with Crippen LogP contribution in [0.4, 0.5) is 5.69 Å². The smallest absolute Gasteiger partial charge is 0.220 e. The molecule has 2 heterocycles. The average Bonchev–Trinajstić information content (AvgIpc) is 2.86. The third-order valence-electron chi connectivity index (χ3n) is 4.78. The van der Waals surface area contributed by atoms with E-state index in [9.17, 15) is 0 Å². The number of benzene rings is 1. The Hall–Kier alpha value is -2.28. The highest BCUT2D eigenvalue weighted by Gasteiger charge is 2.43. The zero-order chi connectivity index (χ0) is 16.9. The molecule has 7 nitrogen and oxygen atoms in total. The summed E-state index contributed by atoms with van der Waals surface area (Å²) in [4.78, 5) is 10.8. The Bertz CT molecular complexity index is 861. The van der Waals surface area contributed by atoms with Crippen molar-refractivity contribution in [2.24, 2.45) is 28.5 Å². The van der Waals surface area contributed by atoms with Gasteiger partial charge in [0, 0.05) is 18.6 Å². The molecule has 24 heavy (non-hydrogen) atoms. The molecule has 0 atom stereocenters. The van der Waals surface area contributed by atoms with E-state index in [0.717, 1.165) is 42.3 Å². The van der Waals surface area contributed by atoms with Crippen LogP contribution in [0.15, 0.2) is 28.3 Å². The highest BCUT2D eigenvalue weighted by atomic mass is 35.5. The Morgan fingerprint density at radius 3 is 2.67 bits per heavy atom. The van der Waals surface area contributed by atoms with E-state index >= 15 is 0 Å². The average molecular weight is 346 g/mol. The molecule has 0 amide bonds. The van der Waals surface area contributed by atoms with Crippen LogP contribution in [0.3, 0.4) is 0 Å². The lowest BCUT2D eigenvalue weighted by Gasteiger charge is -2.45. The van der Waals surface area contributed by atoms with Crippen molar-refractivity contribution in [1.29, 1.82) is 0 Å². The Balaban J connectivity index is 1.89. The summed E-state index contributed by atoms with van der Waals surface area (Å²) < 4.78 is 1.77. The molecule has 1 aromatic heterocycles. The summed E-state index contributed by atoms with van der Waals surface area (Å²) in [5.41, 5.74) is 13.3. The van der Waals surface area contributed by atoms with Gasteiger partial charge < -0.3 is 11.5 Å². The number of nitrogens with two attached hydrogens (primary N) is 2. The topological polar surface area (TPSA) is 97.8 Å². The molecular formula is C16H20ClN7. The van der Waals surface area contributed by atoms with Crippen molar-refractivity contribution in [1.82, 2.24) is 9.78 Å². The number of anilines is 1. The van der Waals surface area contributed by atoms with Crippen LogP contribution in [0, 0.1) is 0 Å². The minimum absolute atomic E-state index is 0.240. The van der Waals surface area contributed by atoms with E-state index in [1.807, 2.05) is 30.3 Å². The molecule has 0 bridgehead atoms. The van der Waals surface area contributed by atoms with Crippen LogP contribution in [0.25, 0.3) is 10.9 Å². The molecule has 0 radical (unpaired) electrons. The SMILES string of the molecule is Cn1cc2cc(N3C(N)=NC(N)=NC34CCCCC4)c(Cl)cc2n1. The standard InChI is InChI=1S/C16H20ClN7/c1-23-9-10-7-13(11(17)8-12(10)22-23)24-15(19)20-14(18)21-16(24)5-3-2-4-6-16/h7-9H,2-6H2,1H3,(H4,18,19,20,21). The lowest BCUT2D eigenvalue weighted by Crippen LogP contribution is -2.58. The van der Waals surface area contributed by atoms with E-state index in [1.54, 1.807) is 4.68 Å². The molecule has 2 aromatic rings. The summed E-state index contributed by atoms with van der Waals surface area (Å²) in [5, 5.41) is 5.98. The fourth-order valence-electron chi connectivity index (χ4n) is 3.80. The van der Waals surface area contributed by atoms with Gasteiger partial charge in [-0.3, -0.25) is 9.58 Å². The van der Waals surface area contributed by atoms with Crippen molar-refractivity contribution in [3.05, 3.63) is 23.4 Å². The number of fused-ring (bicyclic) bond motifs is 1. The fourth-order valence-corrected chi connectivity index (χ4v) is 4.04. The van der Waals surface area contributed by atoms with Gasteiger partial charge >= 0.3 is 0 Å². The van der Waals surface area contributed by atoms with E-state index in [4.69, 9.17) is 23.1 Å². The van der Waals surface area contributed by atoms with Gasteiger partial charge in [-0.1, -0.05) is 18.0 Å². The quantitative estimate of drug-likeness (QED) is 0.828. The Labute approximate surface area is 145 Å². The first-order valence-corrected chi connectivity index (χ1v) is 8.49. The number of aryl methyl sites for hydroxylation is 1.